The molecule has 0 saturated carbocycles. The van der Waals surface area contributed by atoms with Crippen molar-refractivity contribution in [3.05, 3.63) is 96.3 Å². The lowest BCUT2D eigenvalue weighted by Gasteiger charge is -2.38. The van der Waals surface area contributed by atoms with E-state index in [9.17, 15) is 9.32 Å². The number of nitrogens with zero attached hydrogens (tertiary/aromatic N) is 2. The van der Waals surface area contributed by atoms with Crippen LogP contribution in [0.5, 0.6) is 5.75 Å². The molecule has 0 aliphatic carbocycles. The molecule has 0 amide bonds. The minimum atomic E-state index is -1.24. The Hall–Kier alpha value is -2.71. The first-order valence-electron chi connectivity index (χ1n) is 12.1. The van der Waals surface area contributed by atoms with Gasteiger partial charge in [-0.2, -0.15) is 0 Å². The van der Waals surface area contributed by atoms with E-state index in [0.29, 0.717) is 11.8 Å². The number of aliphatic hydroxyl groups is 1. The third-order valence-corrected chi connectivity index (χ3v) is 7.83. The summed E-state index contributed by atoms with van der Waals surface area (Å²) in [5, 5.41) is 9.76. The first-order valence-corrected chi connectivity index (χ1v) is 13.2. The number of aryl methyl sites for hydroxylation is 1. The SMILES string of the molecule is C=C(O)C(C)(C)Oc1ccc(S(=O)N2CCN(C(C/C=C\C=C/C)c3ccccc3)CC2)cc1C.O. The van der Waals surface area contributed by atoms with E-state index in [2.05, 4.69) is 60.0 Å². The Bertz CT molecular complexity index is 1070. The van der Waals surface area contributed by atoms with Crippen LogP contribution < -0.4 is 4.74 Å². The molecule has 36 heavy (non-hydrogen) atoms. The van der Waals surface area contributed by atoms with Crippen molar-refractivity contribution in [3.63, 3.8) is 0 Å². The molecule has 0 bridgehead atoms. The molecule has 1 heterocycles. The van der Waals surface area contributed by atoms with Crippen LogP contribution in [0.2, 0.25) is 0 Å². The average molecular weight is 513 g/mol. The van der Waals surface area contributed by atoms with Crippen molar-refractivity contribution in [2.24, 2.45) is 0 Å². The molecule has 6 nitrogen and oxygen atoms in total. The van der Waals surface area contributed by atoms with E-state index in [1.165, 1.54) is 5.56 Å². The molecule has 0 spiro atoms. The van der Waals surface area contributed by atoms with E-state index in [0.717, 1.165) is 43.1 Å². The zero-order valence-corrected chi connectivity index (χ0v) is 22.6. The number of benzene rings is 2. The van der Waals surface area contributed by atoms with Crippen molar-refractivity contribution in [2.75, 3.05) is 26.2 Å². The normalized spacial score (nSPS) is 17.1. The first-order chi connectivity index (χ1) is 16.7. The minimum absolute atomic E-state index is 0. The molecule has 0 aromatic heterocycles. The van der Waals surface area contributed by atoms with Crippen LogP contribution in [-0.4, -0.2) is 55.8 Å². The monoisotopic (exact) mass is 512 g/mol. The minimum Gasteiger partial charge on any atom is -0.509 e. The molecule has 1 saturated heterocycles. The van der Waals surface area contributed by atoms with Crippen LogP contribution >= 0.6 is 0 Å². The van der Waals surface area contributed by atoms with E-state index in [4.69, 9.17) is 4.74 Å². The van der Waals surface area contributed by atoms with Crippen LogP contribution in [0, 0.1) is 6.92 Å². The summed E-state index contributed by atoms with van der Waals surface area (Å²) in [5.74, 6) is 0.612. The Morgan fingerprint density at radius 3 is 2.39 bits per heavy atom. The molecule has 2 atom stereocenters. The molecule has 3 N–H and O–H groups in total. The fraction of sp³-hybridized carbons (Fsp3) is 0.379. The van der Waals surface area contributed by atoms with Gasteiger partial charge in [-0.1, -0.05) is 61.2 Å². The maximum absolute atomic E-state index is 13.4. The molecule has 0 radical (unpaired) electrons. The lowest BCUT2D eigenvalue weighted by molar-refractivity contribution is 0.0965. The number of ether oxygens (including phenoxy) is 1. The van der Waals surface area contributed by atoms with Crippen LogP contribution in [0.25, 0.3) is 0 Å². The molecule has 7 heteroatoms. The van der Waals surface area contributed by atoms with Gasteiger partial charge < -0.3 is 15.3 Å². The van der Waals surface area contributed by atoms with Gasteiger partial charge in [-0.15, -0.1) is 0 Å². The van der Waals surface area contributed by atoms with Crippen molar-refractivity contribution in [1.82, 2.24) is 9.21 Å². The molecule has 1 fully saturated rings. The van der Waals surface area contributed by atoms with Gasteiger partial charge in [0.15, 0.2) is 5.60 Å². The van der Waals surface area contributed by atoms with Crippen LogP contribution in [0.1, 0.15) is 44.4 Å². The van der Waals surface area contributed by atoms with Crippen molar-refractivity contribution in [2.45, 2.75) is 50.7 Å². The van der Waals surface area contributed by atoms with Crippen molar-refractivity contribution < 1.29 is 19.5 Å². The third-order valence-electron chi connectivity index (χ3n) is 6.34. The summed E-state index contributed by atoms with van der Waals surface area (Å²) in [7, 11) is -1.24. The van der Waals surface area contributed by atoms with Crippen LogP contribution in [0.4, 0.5) is 0 Å². The van der Waals surface area contributed by atoms with Gasteiger partial charge in [-0.05, 0) is 63.4 Å². The first kappa shape index (κ1) is 29.5. The maximum atomic E-state index is 13.4. The average Bonchev–Trinajstić information content (AvgIpc) is 2.85. The Kier molecular flexibility index (Phi) is 11.1. The summed E-state index contributed by atoms with van der Waals surface area (Å²) in [6, 6.07) is 16.5. The number of hydrogen-bond acceptors (Lipinski definition) is 4. The van der Waals surface area contributed by atoms with E-state index in [1.807, 2.05) is 42.4 Å². The highest BCUT2D eigenvalue weighted by Gasteiger charge is 2.28. The number of rotatable bonds is 10. The predicted octanol–water partition coefficient (Wildman–Crippen LogP) is 5.30. The van der Waals surface area contributed by atoms with Crippen LogP contribution in [-0.2, 0) is 11.0 Å². The topological polar surface area (TPSA) is 84.5 Å². The molecule has 2 unspecified atom stereocenters. The van der Waals surface area contributed by atoms with Gasteiger partial charge in [0.05, 0.1) is 4.90 Å². The Morgan fingerprint density at radius 1 is 1.14 bits per heavy atom. The number of piperazine rings is 1. The summed E-state index contributed by atoms with van der Waals surface area (Å²) in [5.41, 5.74) is 1.30. The van der Waals surface area contributed by atoms with Gasteiger partial charge in [0.2, 0.25) is 0 Å². The largest absolute Gasteiger partial charge is 0.509 e. The molecular weight excluding hydrogens is 472 g/mol. The smallest absolute Gasteiger partial charge is 0.159 e. The molecule has 3 rings (SSSR count). The Morgan fingerprint density at radius 2 is 1.81 bits per heavy atom. The summed E-state index contributed by atoms with van der Waals surface area (Å²) in [6.07, 6.45) is 9.36. The standard InChI is InChI=1S/C29H38N2O3S.H2O/c1-6-7-8-12-15-27(25-13-10-9-11-14-25)30-18-20-31(21-19-30)35(33)26-16-17-28(23(2)22-26)34-29(4,5)24(3)32;/h6-14,16-17,22,27,32H,3,15,18-21H2,1-2,4-5H3;1H2/b7-6-,12-8-;. The zero-order chi connectivity index (χ0) is 25.4. The van der Waals surface area contributed by atoms with Crippen molar-refractivity contribution in [1.29, 1.82) is 0 Å². The predicted molar refractivity (Wildman–Crippen MR) is 149 cm³/mol. The molecule has 1 aliphatic rings. The van der Waals surface area contributed by atoms with Gasteiger partial charge in [-0.25, -0.2) is 8.51 Å². The highest BCUT2D eigenvalue weighted by molar-refractivity contribution is 7.82. The van der Waals surface area contributed by atoms with Crippen LogP contribution in [0.3, 0.4) is 0 Å². The summed E-state index contributed by atoms with van der Waals surface area (Å²) >= 11 is 0. The fourth-order valence-electron chi connectivity index (χ4n) is 4.08. The highest BCUT2D eigenvalue weighted by Crippen LogP contribution is 2.30. The number of aliphatic hydroxyl groups excluding tert-OH is 1. The highest BCUT2D eigenvalue weighted by atomic mass is 32.2. The lowest BCUT2D eigenvalue weighted by Crippen LogP contribution is -2.48. The van der Waals surface area contributed by atoms with E-state index >= 15 is 0 Å². The molecule has 2 aromatic rings. The molecule has 2 aromatic carbocycles. The summed E-state index contributed by atoms with van der Waals surface area (Å²) in [6.45, 7) is 14.3. The summed E-state index contributed by atoms with van der Waals surface area (Å²) < 4.78 is 21.3. The van der Waals surface area contributed by atoms with Crippen LogP contribution in [0.15, 0.2) is 90.1 Å². The molecule has 196 valence electrons. The van der Waals surface area contributed by atoms with Crippen molar-refractivity contribution >= 4 is 11.0 Å². The molecular formula is C29H40N2O4S. The third kappa shape index (κ3) is 7.64. The quantitative estimate of drug-likeness (QED) is 0.346. The van der Waals surface area contributed by atoms with E-state index in [-0.39, 0.29) is 11.2 Å². The van der Waals surface area contributed by atoms with Gasteiger partial charge in [0.25, 0.3) is 0 Å². The van der Waals surface area contributed by atoms with Gasteiger partial charge in [-0.3, -0.25) is 4.90 Å². The van der Waals surface area contributed by atoms with Crippen molar-refractivity contribution in [3.8, 4) is 5.75 Å². The zero-order valence-electron chi connectivity index (χ0n) is 21.8. The molecule has 1 aliphatic heterocycles. The van der Waals surface area contributed by atoms with Gasteiger partial charge >= 0.3 is 0 Å². The van der Waals surface area contributed by atoms with Gasteiger partial charge in [0, 0.05) is 32.2 Å². The second-order valence-electron chi connectivity index (χ2n) is 9.32. The van der Waals surface area contributed by atoms with E-state index < -0.39 is 16.6 Å². The summed E-state index contributed by atoms with van der Waals surface area (Å²) in [4.78, 5) is 3.26. The van der Waals surface area contributed by atoms with E-state index in [1.54, 1.807) is 13.8 Å². The second-order valence-corrected chi connectivity index (χ2v) is 10.8. The second kappa shape index (κ2) is 13.6. The fourth-order valence-corrected chi connectivity index (χ4v) is 5.33. The maximum Gasteiger partial charge on any atom is 0.159 e. The Balaban J connectivity index is 0.00000456. The Labute approximate surface area is 218 Å². The lowest BCUT2D eigenvalue weighted by atomic mass is 10.0. The van der Waals surface area contributed by atoms with Gasteiger partial charge in [0.1, 0.15) is 22.5 Å². The number of allylic oxidation sites excluding steroid dienone is 3. The number of hydrogen-bond donors (Lipinski definition) is 1.